The number of amides is 2. The zero-order valence-electron chi connectivity index (χ0n) is 16.0. The summed E-state index contributed by atoms with van der Waals surface area (Å²) in [5.74, 6) is -0.489. The van der Waals surface area contributed by atoms with E-state index in [2.05, 4.69) is 15.6 Å². The Bertz CT molecular complexity index is 1330. The Morgan fingerprint density at radius 3 is 2.80 bits per heavy atom. The number of aromatic nitrogens is 2. The predicted molar refractivity (Wildman–Crippen MR) is 115 cm³/mol. The normalized spacial score (nSPS) is 15.1. The third kappa shape index (κ3) is 2.93. The van der Waals surface area contributed by atoms with Crippen molar-refractivity contribution in [1.82, 2.24) is 14.7 Å². The lowest BCUT2D eigenvalue weighted by molar-refractivity contribution is 0.0959. The van der Waals surface area contributed by atoms with Crippen molar-refractivity contribution in [3.63, 3.8) is 0 Å². The van der Waals surface area contributed by atoms with Crippen LogP contribution in [0.3, 0.4) is 0 Å². The maximum absolute atomic E-state index is 13.1. The summed E-state index contributed by atoms with van der Waals surface area (Å²) in [6, 6.07) is 16.4. The molecule has 0 radical (unpaired) electrons. The molecule has 0 saturated heterocycles. The largest absolute Gasteiger partial charge is 0.341 e. The molecule has 148 valence electrons. The van der Waals surface area contributed by atoms with Crippen LogP contribution >= 0.6 is 11.6 Å². The van der Waals surface area contributed by atoms with E-state index in [1.165, 1.54) is 6.20 Å². The van der Waals surface area contributed by atoms with Crippen molar-refractivity contribution in [2.75, 3.05) is 5.32 Å². The maximum atomic E-state index is 13.1. The summed E-state index contributed by atoms with van der Waals surface area (Å²) in [5, 5.41) is 6.50. The second-order valence-electron chi connectivity index (χ2n) is 7.20. The number of anilines is 1. The van der Waals surface area contributed by atoms with Gasteiger partial charge in [-0.15, -0.1) is 0 Å². The number of pyridine rings is 1. The van der Waals surface area contributed by atoms with Crippen LogP contribution in [-0.4, -0.2) is 21.2 Å². The number of fused-ring (bicyclic) bond motifs is 2. The van der Waals surface area contributed by atoms with E-state index in [1.54, 1.807) is 40.9 Å². The van der Waals surface area contributed by atoms with Gasteiger partial charge in [0.15, 0.2) is 0 Å². The van der Waals surface area contributed by atoms with Crippen LogP contribution in [0.25, 0.3) is 5.65 Å². The number of carbonyl (C=O) groups excluding carboxylic acids is 2. The van der Waals surface area contributed by atoms with E-state index in [0.29, 0.717) is 27.6 Å². The molecule has 1 aliphatic heterocycles. The quantitative estimate of drug-likeness (QED) is 0.520. The Balaban J connectivity index is 1.57. The summed E-state index contributed by atoms with van der Waals surface area (Å²) < 4.78 is 1.64. The Morgan fingerprint density at radius 1 is 1.13 bits per heavy atom. The molecule has 0 bridgehead atoms. The summed E-state index contributed by atoms with van der Waals surface area (Å²) >= 11 is 6.08. The van der Waals surface area contributed by atoms with E-state index in [4.69, 9.17) is 11.6 Å². The van der Waals surface area contributed by atoms with E-state index in [-0.39, 0.29) is 17.9 Å². The van der Waals surface area contributed by atoms with Crippen molar-refractivity contribution in [2.45, 2.75) is 13.0 Å². The van der Waals surface area contributed by atoms with Gasteiger partial charge in [0.1, 0.15) is 11.3 Å². The molecule has 0 spiro atoms. The van der Waals surface area contributed by atoms with Crippen LogP contribution in [0.15, 0.2) is 67.0 Å². The third-order valence-corrected chi connectivity index (χ3v) is 5.59. The van der Waals surface area contributed by atoms with E-state index in [0.717, 1.165) is 16.7 Å². The second kappa shape index (κ2) is 7.00. The summed E-state index contributed by atoms with van der Waals surface area (Å²) in [7, 11) is 0. The van der Waals surface area contributed by atoms with Gasteiger partial charge in [-0.2, -0.15) is 0 Å². The van der Waals surface area contributed by atoms with Gasteiger partial charge in [-0.1, -0.05) is 41.9 Å². The summed E-state index contributed by atoms with van der Waals surface area (Å²) in [5.41, 5.74) is 4.94. The molecule has 0 saturated carbocycles. The Kier molecular flexibility index (Phi) is 4.29. The SMILES string of the molecule is Cc1ccccc1C1NC(=O)c2cccc(NC(=O)c3cnc4ccc(Cl)cn34)c21. The molecule has 6 nitrogen and oxygen atoms in total. The van der Waals surface area contributed by atoms with Crippen LogP contribution in [0.4, 0.5) is 5.69 Å². The molecule has 30 heavy (non-hydrogen) atoms. The van der Waals surface area contributed by atoms with Gasteiger partial charge in [0, 0.05) is 23.0 Å². The van der Waals surface area contributed by atoms with Crippen molar-refractivity contribution >= 4 is 34.7 Å². The number of aryl methyl sites for hydroxylation is 1. The molecule has 2 N–H and O–H groups in total. The molecule has 0 aliphatic carbocycles. The smallest absolute Gasteiger partial charge is 0.274 e. The van der Waals surface area contributed by atoms with Gasteiger partial charge in [0.05, 0.1) is 17.3 Å². The van der Waals surface area contributed by atoms with E-state index >= 15 is 0 Å². The third-order valence-electron chi connectivity index (χ3n) is 5.36. The minimum Gasteiger partial charge on any atom is -0.341 e. The molecule has 1 atom stereocenters. The number of imidazole rings is 1. The zero-order chi connectivity index (χ0) is 20.8. The fourth-order valence-corrected chi connectivity index (χ4v) is 4.08. The summed E-state index contributed by atoms with van der Waals surface area (Å²) in [4.78, 5) is 29.9. The number of carbonyl (C=O) groups is 2. The van der Waals surface area contributed by atoms with Gasteiger partial charge in [0.2, 0.25) is 0 Å². The Morgan fingerprint density at radius 2 is 1.97 bits per heavy atom. The molecule has 1 aliphatic rings. The molecule has 2 aromatic carbocycles. The minimum absolute atomic E-state index is 0.157. The molecule has 2 aromatic heterocycles. The number of rotatable bonds is 3. The predicted octanol–water partition coefficient (Wildman–Crippen LogP) is 4.38. The lowest BCUT2D eigenvalue weighted by Crippen LogP contribution is -2.21. The van der Waals surface area contributed by atoms with Gasteiger partial charge in [-0.05, 0) is 42.3 Å². The van der Waals surface area contributed by atoms with E-state index in [9.17, 15) is 9.59 Å². The number of hydrogen-bond acceptors (Lipinski definition) is 3. The first kappa shape index (κ1) is 18.4. The van der Waals surface area contributed by atoms with E-state index in [1.807, 2.05) is 31.2 Å². The van der Waals surface area contributed by atoms with Crippen molar-refractivity contribution < 1.29 is 9.59 Å². The monoisotopic (exact) mass is 416 g/mol. The van der Waals surface area contributed by atoms with Crippen molar-refractivity contribution in [1.29, 1.82) is 0 Å². The number of nitrogens with one attached hydrogen (secondary N) is 2. The first-order valence-electron chi connectivity index (χ1n) is 9.46. The minimum atomic E-state index is -0.332. The van der Waals surface area contributed by atoms with Crippen LogP contribution in [0.1, 0.15) is 43.6 Å². The second-order valence-corrected chi connectivity index (χ2v) is 7.64. The highest BCUT2D eigenvalue weighted by atomic mass is 35.5. The van der Waals surface area contributed by atoms with E-state index < -0.39 is 0 Å². The molecular formula is C23H17ClN4O2. The van der Waals surface area contributed by atoms with Crippen LogP contribution in [0, 0.1) is 6.92 Å². The number of hydrogen-bond donors (Lipinski definition) is 2. The fraction of sp³-hybridized carbons (Fsp3) is 0.0870. The van der Waals surface area contributed by atoms with Gasteiger partial charge < -0.3 is 10.6 Å². The molecule has 3 heterocycles. The van der Waals surface area contributed by atoms with Gasteiger partial charge >= 0.3 is 0 Å². The molecule has 5 rings (SSSR count). The lowest BCUT2D eigenvalue weighted by Gasteiger charge is -2.18. The van der Waals surface area contributed by atoms with Crippen LogP contribution < -0.4 is 10.6 Å². The molecule has 2 amide bonds. The molecule has 1 unspecified atom stereocenters. The van der Waals surface area contributed by atoms with Crippen LogP contribution in [0.5, 0.6) is 0 Å². The first-order valence-corrected chi connectivity index (χ1v) is 9.84. The number of nitrogens with zero attached hydrogens (tertiary/aromatic N) is 2. The maximum Gasteiger partial charge on any atom is 0.274 e. The molecule has 4 aromatic rings. The molecule has 7 heteroatoms. The Hall–Kier alpha value is -3.64. The Labute approximate surface area is 177 Å². The summed E-state index contributed by atoms with van der Waals surface area (Å²) in [6.07, 6.45) is 3.15. The van der Waals surface area contributed by atoms with Crippen LogP contribution in [0.2, 0.25) is 5.02 Å². The van der Waals surface area contributed by atoms with Gasteiger partial charge in [0.25, 0.3) is 11.8 Å². The fourth-order valence-electron chi connectivity index (χ4n) is 3.92. The summed E-state index contributed by atoms with van der Waals surface area (Å²) in [6.45, 7) is 2.00. The highest BCUT2D eigenvalue weighted by Gasteiger charge is 2.33. The van der Waals surface area contributed by atoms with Gasteiger partial charge in [-0.3, -0.25) is 14.0 Å². The molecule has 0 fully saturated rings. The topological polar surface area (TPSA) is 75.5 Å². The van der Waals surface area contributed by atoms with Crippen LogP contribution in [-0.2, 0) is 0 Å². The highest BCUT2D eigenvalue weighted by molar-refractivity contribution is 6.30. The zero-order valence-corrected chi connectivity index (χ0v) is 16.8. The van der Waals surface area contributed by atoms with Crippen molar-refractivity contribution in [2.24, 2.45) is 0 Å². The van der Waals surface area contributed by atoms with Crippen molar-refractivity contribution in [3.05, 3.63) is 100.0 Å². The number of halogens is 1. The average molecular weight is 417 g/mol. The lowest BCUT2D eigenvalue weighted by atomic mass is 9.93. The van der Waals surface area contributed by atoms with Gasteiger partial charge in [-0.25, -0.2) is 4.98 Å². The van der Waals surface area contributed by atoms with Crippen molar-refractivity contribution in [3.8, 4) is 0 Å². The number of benzene rings is 2. The standard InChI is InChI=1S/C23H17ClN4O2/c1-13-5-2-3-6-15(13)21-20-16(22(29)27-21)7-4-8-17(20)26-23(30)18-11-25-19-10-9-14(24)12-28(18)19/h2-12,21H,1H3,(H,26,30)(H,27,29). The highest BCUT2D eigenvalue weighted by Crippen LogP contribution is 2.37. The average Bonchev–Trinajstić information content (AvgIpc) is 3.30. The first-order chi connectivity index (χ1) is 14.5. The molecular weight excluding hydrogens is 400 g/mol.